The summed E-state index contributed by atoms with van der Waals surface area (Å²) in [7, 11) is 0. The van der Waals surface area contributed by atoms with Crippen molar-refractivity contribution >= 4 is 112 Å². The largest absolute Gasteiger partial charge is 0.318 e. The number of aromatic nitrogens is 2. The Labute approximate surface area is 440 Å². The number of hydrogen-bond donors (Lipinski definition) is 0. The fourth-order valence-electron chi connectivity index (χ4n) is 11.6. The highest BCUT2D eigenvalue weighted by Crippen LogP contribution is 2.56. The number of nitrogens with zero attached hydrogens (tertiary/aromatic N) is 4. The van der Waals surface area contributed by atoms with Crippen molar-refractivity contribution in [2.45, 2.75) is 0 Å². The van der Waals surface area contributed by atoms with Crippen molar-refractivity contribution < 1.29 is 6.85 Å². The van der Waals surface area contributed by atoms with Crippen LogP contribution in [0.1, 0.15) is 12.4 Å². The van der Waals surface area contributed by atoms with E-state index in [0.29, 0.717) is 50.2 Å². The van der Waals surface area contributed by atoms with Gasteiger partial charge in [0, 0.05) is 63.6 Å². The summed E-state index contributed by atoms with van der Waals surface area (Å²) in [5.41, 5.74) is 10.3. The predicted octanol–water partition coefficient (Wildman–Crippen LogP) is 19.7. The molecule has 0 unspecified atom stereocenters. The Balaban J connectivity index is 1.26. The van der Waals surface area contributed by atoms with E-state index in [2.05, 4.69) is 111 Å². The molecular weight excluding hydrogens is 937 g/mol. The second-order valence-electron chi connectivity index (χ2n) is 18.5. The minimum absolute atomic E-state index is 0.0848. The lowest BCUT2D eigenvalue weighted by molar-refractivity contribution is 1.14. The summed E-state index contributed by atoms with van der Waals surface area (Å²) in [6, 6.07) is 68.6. The van der Waals surface area contributed by atoms with Crippen LogP contribution in [0, 0.1) is 17.9 Å². The fourth-order valence-corrected chi connectivity index (χ4v) is 14.1. The van der Waals surface area contributed by atoms with Gasteiger partial charge >= 0.3 is 0 Å². The van der Waals surface area contributed by atoms with E-state index in [0.717, 1.165) is 89.7 Å². The van der Waals surface area contributed by atoms with Gasteiger partial charge in [-0.25, -0.2) is 4.85 Å². The van der Waals surface area contributed by atoms with E-state index in [1.807, 2.05) is 109 Å². The third-order valence-corrected chi connectivity index (χ3v) is 17.0. The van der Waals surface area contributed by atoms with Crippen LogP contribution in [-0.4, -0.2) is 9.13 Å². The first kappa shape index (κ1) is 37.3. The lowest BCUT2D eigenvalue weighted by Gasteiger charge is -2.26. The number of thiophene rings is 2. The van der Waals surface area contributed by atoms with Gasteiger partial charge in [-0.05, 0) is 69.8 Å². The van der Waals surface area contributed by atoms with Gasteiger partial charge in [-0.15, -0.1) is 22.7 Å². The molecule has 4 heterocycles. The van der Waals surface area contributed by atoms with Gasteiger partial charge < -0.3 is 9.13 Å². The molecule has 0 saturated heterocycles. The van der Waals surface area contributed by atoms with Crippen molar-refractivity contribution in [3.63, 3.8) is 0 Å². The van der Waals surface area contributed by atoms with Crippen molar-refractivity contribution in [1.82, 2.24) is 9.13 Å². The summed E-state index contributed by atoms with van der Waals surface area (Å²) < 4.78 is 54.4. The minimum Gasteiger partial charge on any atom is -0.318 e. The molecule has 0 atom stereocenters. The van der Waals surface area contributed by atoms with Crippen LogP contribution in [0.3, 0.4) is 0 Å². The molecule has 0 aliphatic rings. The molecule has 0 N–H and O–H groups in total. The van der Waals surface area contributed by atoms with Gasteiger partial charge in [-0.3, -0.25) is 0 Å². The van der Waals surface area contributed by atoms with Crippen molar-refractivity contribution in [2.24, 2.45) is 0 Å². The topological polar surface area (TPSA) is 38.0 Å². The molecule has 0 bridgehead atoms. The molecule has 0 spiro atoms. The van der Waals surface area contributed by atoms with Crippen LogP contribution in [0.25, 0.3) is 145 Å². The quantitative estimate of drug-likeness (QED) is 0.153. The van der Waals surface area contributed by atoms with Crippen LogP contribution < -0.4 is 0 Å². The summed E-state index contributed by atoms with van der Waals surface area (Å²) in [6.07, 6.45) is 0. The van der Waals surface area contributed by atoms with E-state index in [9.17, 15) is 14.6 Å². The maximum absolute atomic E-state index is 12.4. The molecule has 4 aromatic heterocycles. The Morgan fingerprint density at radius 2 is 1.01 bits per heavy atom. The Morgan fingerprint density at radius 1 is 0.446 bits per heavy atom. The van der Waals surface area contributed by atoms with Crippen LogP contribution >= 0.6 is 22.7 Å². The van der Waals surface area contributed by atoms with Crippen molar-refractivity contribution in [3.05, 3.63) is 247 Å². The molecule has 15 rings (SSSR count). The highest BCUT2D eigenvalue weighted by Gasteiger charge is 2.34. The molecule has 15 aromatic rings. The standard InChI is InChI=1S/C68H38N4S2/c1-70-62-59(43-24-10-4-11-25-43)54(40-69)63(60(44-26-12-5-13-27-44)65(62)71-55-31-17-14-28-46(55)52-38-45(34-37-56(52)71)41-20-6-2-7-21-41)72-64-50(36-35-49-47-29-15-18-32-57(47)73-67(49)64)61-51(42-22-8-3-9-23-42)39-53-48-30-16-19-33-58(48)74-68(53)66(61)72/h2-39H/i3D,8D,9D,22D,23D. The number of fused-ring (bicyclic) bond motifs is 14. The zero-order valence-electron chi connectivity index (χ0n) is 44.2. The van der Waals surface area contributed by atoms with Gasteiger partial charge in [0.1, 0.15) is 6.07 Å². The smallest absolute Gasteiger partial charge is 0.220 e. The van der Waals surface area contributed by atoms with Crippen LogP contribution in [0.15, 0.2) is 230 Å². The molecule has 0 amide bonds. The Kier molecular flexibility index (Phi) is 8.31. The van der Waals surface area contributed by atoms with E-state index in [4.69, 9.17) is 4.11 Å². The zero-order valence-corrected chi connectivity index (χ0v) is 40.8. The van der Waals surface area contributed by atoms with Gasteiger partial charge in [0.15, 0.2) is 0 Å². The van der Waals surface area contributed by atoms with Gasteiger partial charge in [0.2, 0.25) is 5.69 Å². The maximum Gasteiger partial charge on any atom is 0.220 e. The lowest BCUT2D eigenvalue weighted by atomic mass is 9.88. The minimum atomic E-state index is -0.472. The first-order valence-corrected chi connectivity index (χ1v) is 25.9. The summed E-state index contributed by atoms with van der Waals surface area (Å²) in [5, 5.41) is 19.7. The van der Waals surface area contributed by atoms with Gasteiger partial charge in [0.05, 0.1) is 61.8 Å². The molecule has 0 saturated carbocycles. The molecule has 342 valence electrons. The zero-order chi connectivity index (χ0) is 53.4. The summed E-state index contributed by atoms with van der Waals surface area (Å²) in [4.78, 5) is 4.56. The molecule has 11 aromatic carbocycles. The van der Waals surface area contributed by atoms with E-state index < -0.39 is 18.1 Å². The molecule has 0 aliphatic heterocycles. The Morgan fingerprint density at radius 3 is 1.69 bits per heavy atom. The van der Waals surface area contributed by atoms with Crippen LogP contribution in [-0.2, 0) is 0 Å². The van der Waals surface area contributed by atoms with E-state index in [-0.39, 0.29) is 23.2 Å². The number of para-hydroxylation sites is 1. The first-order valence-electron chi connectivity index (χ1n) is 26.8. The van der Waals surface area contributed by atoms with Crippen molar-refractivity contribution in [3.8, 4) is 62.0 Å². The Bertz CT molecular complexity index is 5190. The number of benzene rings is 11. The van der Waals surface area contributed by atoms with Gasteiger partial charge in [0.25, 0.3) is 0 Å². The third-order valence-electron chi connectivity index (χ3n) is 14.6. The second-order valence-corrected chi connectivity index (χ2v) is 20.6. The number of rotatable bonds is 6. The normalized spacial score (nSPS) is 12.7. The van der Waals surface area contributed by atoms with Crippen molar-refractivity contribution in [1.29, 1.82) is 5.26 Å². The highest BCUT2D eigenvalue weighted by atomic mass is 32.1. The van der Waals surface area contributed by atoms with E-state index in [1.165, 1.54) is 0 Å². The lowest BCUT2D eigenvalue weighted by Crippen LogP contribution is -2.09. The molecule has 0 fully saturated rings. The van der Waals surface area contributed by atoms with Crippen LogP contribution in [0.5, 0.6) is 0 Å². The first-order chi connectivity index (χ1) is 38.7. The monoisotopic (exact) mass is 979 g/mol. The average Bonchev–Trinajstić information content (AvgIpc) is 3.81. The summed E-state index contributed by atoms with van der Waals surface area (Å²) in [5.74, 6) is 0. The SMILES string of the molecule is [2H]c1c([2H])c([2H])c(-c2cc3c4ccccc4sc3c3c2c2ccc4c5ccccc5sc4c2n3-c2c(C#N)c(-c3ccccc3)c([N+]#[C-])c(-n3c4ccccc4c4cc(-c5ccccc5)ccc43)c2-c2ccccc2)c([2H])c1[2H]. The molecule has 74 heavy (non-hydrogen) atoms. The average molecular weight is 980 g/mol. The number of nitriles is 1. The highest BCUT2D eigenvalue weighted by molar-refractivity contribution is 7.27. The number of hydrogen-bond acceptors (Lipinski definition) is 3. The third kappa shape index (κ3) is 6.05. The summed E-state index contributed by atoms with van der Waals surface area (Å²) in [6.45, 7) is 9.45. The molecular formula is C68H38N4S2. The van der Waals surface area contributed by atoms with E-state index in [1.54, 1.807) is 22.7 Å². The van der Waals surface area contributed by atoms with Crippen molar-refractivity contribution in [2.75, 3.05) is 0 Å². The second kappa shape index (κ2) is 16.5. The molecule has 0 aliphatic carbocycles. The van der Waals surface area contributed by atoms with E-state index >= 15 is 0 Å². The van der Waals surface area contributed by atoms with Crippen LogP contribution in [0.2, 0.25) is 0 Å². The molecule has 4 nitrogen and oxygen atoms in total. The Hall–Kier alpha value is -9.56. The predicted molar refractivity (Wildman–Crippen MR) is 314 cm³/mol. The molecule has 0 radical (unpaired) electrons. The fraction of sp³-hybridized carbons (Fsp3) is 0. The molecule has 6 heteroatoms. The van der Waals surface area contributed by atoms with Gasteiger partial charge in [-0.2, -0.15) is 5.26 Å². The summed E-state index contributed by atoms with van der Waals surface area (Å²) >= 11 is 3.28. The van der Waals surface area contributed by atoms with Crippen LogP contribution in [0.4, 0.5) is 5.69 Å². The maximum atomic E-state index is 12.4. The van der Waals surface area contributed by atoms with Gasteiger partial charge in [-0.1, -0.05) is 194 Å².